The maximum atomic E-state index is 11.9. The van der Waals surface area contributed by atoms with Crippen LogP contribution < -0.4 is 10.3 Å². The van der Waals surface area contributed by atoms with Gasteiger partial charge in [0.15, 0.2) is 0 Å². The number of nitrogens with one attached hydrogen (secondary N) is 1. The minimum Gasteiger partial charge on any atom is -0.348 e. The lowest BCUT2D eigenvalue weighted by atomic mass is 10.2. The third kappa shape index (κ3) is 4.84. The van der Waals surface area contributed by atoms with Gasteiger partial charge in [0.05, 0.1) is 4.92 Å². The highest BCUT2D eigenvalue weighted by Gasteiger charge is 2.30. The van der Waals surface area contributed by atoms with Crippen LogP contribution in [0.15, 0.2) is 36.7 Å². The van der Waals surface area contributed by atoms with E-state index in [2.05, 4.69) is 44.4 Å². The molecular formula is C20H28N8O2. The molecule has 0 unspecified atom stereocenters. The molecule has 1 aromatic heterocycles. The molecule has 30 heavy (non-hydrogen) atoms. The van der Waals surface area contributed by atoms with Gasteiger partial charge in [-0.15, -0.1) is 0 Å². The smallest absolute Gasteiger partial charge is 0.348 e. The van der Waals surface area contributed by atoms with Crippen LogP contribution in [0.1, 0.15) is 5.56 Å². The molecule has 0 saturated carbocycles. The summed E-state index contributed by atoms with van der Waals surface area (Å²) < 4.78 is 0. The average Bonchev–Trinajstić information content (AvgIpc) is 2.76. The standard InChI is InChI=1S/C20H28N8O2/c1-24-7-13-27(14-8-24)23-19-18(28(29)30)20(22-16-21-19)26-11-9-25(10-12-26)15-17-5-3-2-4-6-17/h2-6,16H,7-15H2,1H3,(H,21,22,23). The predicted molar refractivity (Wildman–Crippen MR) is 115 cm³/mol. The van der Waals surface area contributed by atoms with E-state index >= 15 is 0 Å². The van der Waals surface area contributed by atoms with E-state index in [-0.39, 0.29) is 16.4 Å². The number of nitro groups is 1. The fourth-order valence-electron chi connectivity index (χ4n) is 3.88. The van der Waals surface area contributed by atoms with Crippen LogP contribution in [0.5, 0.6) is 0 Å². The normalized spacial score (nSPS) is 19.0. The maximum Gasteiger partial charge on any atom is 0.354 e. The van der Waals surface area contributed by atoms with Gasteiger partial charge in [-0.1, -0.05) is 30.3 Å². The van der Waals surface area contributed by atoms with Crippen molar-refractivity contribution >= 4 is 17.3 Å². The van der Waals surface area contributed by atoms with Crippen molar-refractivity contribution in [3.8, 4) is 0 Å². The highest BCUT2D eigenvalue weighted by Crippen LogP contribution is 2.32. The highest BCUT2D eigenvalue weighted by molar-refractivity contribution is 5.70. The zero-order chi connectivity index (χ0) is 20.9. The van der Waals surface area contributed by atoms with Crippen LogP contribution in [0.2, 0.25) is 0 Å². The fourth-order valence-corrected chi connectivity index (χ4v) is 3.88. The molecule has 2 aromatic rings. The fraction of sp³-hybridized carbons (Fsp3) is 0.500. The van der Waals surface area contributed by atoms with Crippen molar-refractivity contribution < 1.29 is 4.92 Å². The summed E-state index contributed by atoms with van der Waals surface area (Å²) in [6.07, 6.45) is 1.41. The summed E-state index contributed by atoms with van der Waals surface area (Å²) in [6.45, 7) is 7.31. The van der Waals surface area contributed by atoms with Crippen LogP contribution in [0.25, 0.3) is 0 Å². The summed E-state index contributed by atoms with van der Waals surface area (Å²) in [5.74, 6) is 0.659. The van der Waals surface area contributed by atoms with E-state index < -0.39 is 0 Å². The molecule has 0 bridgehead atoms. The number of nitrogens with zero attached hydrogens (tertiary/aromatic N) is 7. The Kier molecular flexibility index (Phi) is 6.36. The minimum atomic E-state index is -0.371. The number of benzene rings is 1. The van der Waals surface area contributed by atoms with Gasteiger partial charge in [-0.25, -0.2) is 15.0 Å². The van der Waals surface area contributed by atoms with Gasteiger partial charge >= 0.3 is 5.69 Å². The Hall–Kier alpha value is -2.82. The first-order valence-electron chi connectivity index (χ1n) is 10.3. The van der Waals surface area contributed by atoms with Gasteiger partial charge in [-0.05, 0) is 12.6 Å². The Morgan fingerprint density at radius 1 is 1.00 bits per heavy atom. The summed E-state index contributed by atoms with van der Waals surface area (Å²) in [4.78, 5) is 26.6. The molecule has 3 heterocycles. The zero-order valence-corrected chi connectivity index (χ0v) is 17.3. The zero-order valence-electron chi connectivity index (χ0n) is 17.3. The lowest BCUT2D eigenvalue weighted by Gasteiger charge is -2.35. The van der Waals surface area contributed by atoms with E-state index in [1.54, 1.807) is 0 Å². The first-order valence-corrected chi connectivity index (χ1v) is 10.3. The molecule has 0 aliphatic carbocycles. The molecule has 1 aromatic carbocycles. The van der Waals surface area contributed by atoms with Crippen LogP contribution >= 0.6 is 0 Å². The molecule has 2 aliphatic heterocycles. The monoisotopic (exact) mass is 412 g/mol. The molecule has 10 nitrogen and oxygen atoms in total. The minimum absolute atomic E-state index is 0.0482. The largest absolute Gasteiger partial charge is 0.354 e. The number of hydrogen-bond acceptors (Lipinski definition) is 9. The maximum absolute atomic E-state index is 11.9. The molecule has 1 N–H and O–H groups in total. The number of piperazine rings is 2. The molecule has 2 saturated heterocycles. The van der Waals surface area contributed by atoms with Gasteiger partial charge in [0, 0.05) is 58.9 Å². The second-order valence-electron chi connectivity index (χ2n) is 7.80. The lowest BCUT2D eigenvalue weighted by molar-refractivity contribution is -0.383. The van der Waals surface area contributed by atoms with Crippen molar-refractivity contribution in [2.24, 2.45) is 0 Å². The Labute approximate surface area is 176 Å². The van der Waals surface area contributed by atoms with E-state index in [0.717, 1.165) is 45.8 Å². The van der Waals surface area contributed by atoms with E-state index in [0.29, 0.717) is 18.9 Å². The molecule has 4 rings (SSSR count). The first kappa shape index (κ1) is 20.5. The van der Waals surface area contributed by atoms with Crippen molar-refractivity contribution in [3.63, 3.8) is 0 Å². The number of anilines is 2. The van der Waals surface area contributed by atoms with Crippen LogP contribution in [0.3, 0.4) is 0 Å². The molecule has 0 amide bonds. The Morgan fingerprint density at radius 2 is 1.70 bits per heavy atom. The average molecular weight is 412 g/mol. The van der Waals surface area contributed by atoms with Crippen molar-refractivity contribution in [1.29, 1.82) is 0 Å². The summed E-state index contributed by atoms with van der Waals surface area (Å²) in [5, 5.41) is 13.9. The second-order valence-corrected chi connectivity index (χ2v) is 7.80. The second kappa shape index (κ2) is 9.33. The number of rotatable bonds is 6. The number of likely N-dealkylation sites (N-methyl/N-ethyl adjacent to an activating group) is 1. The van der Waals surface area contributed by atoms with E-state index in [1.807, 2.05) is 28.1 Å². The number of hydrogen-bond donors (Lipinski definition) is 1. The van der Waals surface area contributed by atoms with Gasteiger partial charge in [-0.2, -0.15) is 0 Å². The third-order valence-corrected chi connectivity index (χ3v) is 5.67. The van der Waals surface area contributed by atoms with Crippen molar-refractivity contribution in [1.82, 2.24) is 24.8 Å². The summed E-state index contributed by atoms with van der Waals surface area (Å²) >= 11 is 0. The van der Waals surface area contributed by atoms with Gasteiger partial charge < -0.3 is 9.80 Å². The van der Waals surface area contributed by atoms with Crippen LogP contribution in [0.4, 0.5) is 17.3 Å². The van der Waals surface area contributed by atoms with Crippen LogP contribution in [-0.2, 0) is 6.54 Å². The van der Waals surface area contributed by atoms with E-state index in [1.165, 1.54) is 11.9 Å². The molecule has 0 atom stereocenters. The number of aromatic nitrogens is 2. The molecule has 160 valence electrons. The van der Waals surface area contributed by atoms with Gasteiger partial charge in [0.25, 0.3) is 0 Å². The van der Waals surface area contributed by atoms with Gasteiger partial charge in [-0.3, -0.25) is 20.4 Å². The van der Waals surface area contributed by atoms with Crippen molar-refractivity contribution in [3.05, 3.63) is 52.3 Å². The molecule has 0 radical (unpaired) electrons. The summed E-state index contributed by atoms with van der Waals surface area (Å²) in [7, 11) is 2.07. The lowest BCUT2D eigenvalue weighted by Crippen LogP contribution is -2.47. The topological polar surface area (TPSA) is 93.9 Å². The molecule has 10 heteroatoms. The van der Waals surface area contributed by atoms with Crippen molar-refractivity contribution in [2.45, 2.75) is 6.54 Å². The Morgan fingerprint density at radius 3 is 2.37 bits per heavy atom. The summed E-state index contributed by atoms with van der Waals surface area (Å²) in [5.41, 5.74) is 4.38. The van der Waals surface area contributed by atoms with E-state index in [4.69, 9.17) is 0 Å². The Bertz CT molecular complexity index is 849. The van der Waals surface area contributed by atoms with E-state index in [9.17, 15) is 10.1 Å². The highest BCUT2D eigenvalue weighted by atomic mass is 16.6. The van der Waals surface area contributed by atoms with Gasteiger partial charge in [0.2, 0.25) is 11.6 Å². The van der Waals surface area contributed by atoms with Crippen LogP contribution in [0, 0.1) is 10.1 Å². The molecule has 2 aliphatic rings. The predicted octanol–water partition coefficient (Wildman–Crippen LogP) is 1.28. The van der Waals surface area contributed by atoms with Crippen LogP contribution in [-0.4, -0.2) is 89.1 Å². The molecular weight excluding hydrogens is 384 g/mol. The SMILES string of the molecule is CN1CCN(Nc2ncnc(N3CCN(Cc4ccccc4)CC3)c2[N+](=O)[O-])CC1. The first-order chi connectivity index (χ1) is 14.6. The third-order valence-electron chi connectivity index (χ3n) is 5.67. The molecule has 0 spiro atoms. The number of hydrazine groups is 1. The molecule has 2 fully saturated rings. The van der Waals surface area contributed by atoms with Crippen molar-refractivity contribution in [2.75, 3.05) is 69.7 Å². The summed E-state index contributed by atoms with van der Waals surface area (Å²) in [6, 6.07) is 10.4. The Balaban J connectivity index is 1.44. The van der Waals surface area contributed by atoms with Gasteiger partial charge in [0.1, 0.15) is 6.33 Å². The quantitative estimate of drug-likeness (QED) is 0.556.